The number of amides is 2. The second-order valence-electron chi connectivity index (χ2n) is 5.42. The van der Waals surface area contributed by atoms with Crippen molar-refractivity contribution in [2.24, 2.45) is 0 Å². The fourth-order valence-electron chi connectivity index (χ4n) is 2.82. The Morgan fingerprint density at radius 2 is 1.50 bits per heavy atom. The highest BCUT2D eigenvalue weighted by atomic mass is 16.2. The Labute approximate surface area is 139 Å². The highest BCUT2D eigenvalue weighted by Crippen LogP contribution is 2.19. The normalized spacial score (nSPS) is 10.8. The molecular weight excluding hydrogens is 304 g/mol. The molecule has 0 fully saturated rings. The number of nitrogens with one attached hydrogen (secondary N) is 2. The quantitative estimate of drug-likeness (QED) is 0.771. The lowest BCUT2D eigenvalue weighted by molar-refractivity contribution is 0.262. The number of fused-ring (bicyclic) bond motifs is 1. The predicted molar refractivity (Wildman–Crippen MR) is 96.6 cm³/mol. The van der Waals surface area contributed by atoms with E-state index < -0.39 is 0 Å². The molecule has 1 aromatic heterocycles. The van der Waals surface area contributed by atoms with Crippen LogP contribution in [0.3, 0.4) is 0 Å². The van der Waals surface area contributed by atoms with Crippen LogP contribution in [-0.2, 0) is 13.1 Å². The number of nitrogens with zero attached hydrogens (tertiary/aromatic N) is 2. The molecule has 2 amide bonds. The van der Waals surface area contributed by atoms with E-state index in [0.29, 0.717) is 18.8 Å². The van der Waals surface area contributed by atoms with Crippen molar-refractivity contribution in [2.45, 2.75) is 26.9 Å². The van der Waals surface area contributed by atoms with Gasteiger partial charge in [0.25, 0.3) is 0 Å². The van der Waals surface area contributed by atoms with Gasteiger partial charge in [0, 0.05) is 24.5 Å². The van der Waals surface area contributed by atoms with Gasteiger partial charge in [0.05, 0.1) is 11.0 Å². The Morgan fingerprint density at radius 1 is 0.875 bits per heavy atom. The van der Waals surface area contributed by atoms with Gasteiger partial charge >= 0.3 is 11.7 Å². The maximum absolute atomic E-state index is 12.4. The average Bonchev–Trinajstić information content (AvgIpc) is 2.85. The molecule has 0 saturated heterocycles. The van der Waals surface area contributed by atoms with Crippen LogP contribution >= 0.6 is 0 Å². The number of carbonyl (C=O) groups excluding carboxylic acids is 1. The highest BCUT2D eigenvalue weighted by molar-refractivity contribution is 6.00. The van der Waals surface area contributed by atoms with Gasteiger partial charge in [-0.25, -0.2) is 9.59 Å². The fraction of sp³-hybridized carbons (Fsp3) is 0.222. The summed E-state index contributed by atoms with van der Waals surface area (Å²) in [4.78, 5) is 24.5. The minimum Gasteiger partial charge on any atom is -0.308 e. The lowest BCUT2D eigenvalue weighted by atomic mass is 10.2. The molecule has 24 heavy (non-hydrogen) atoms. The number of benzene rings is 2. The first-order valence-electron chi connectivity index (χ1n) is 8.00. The molecule has 2 aromatic carbocycles. The van der Waals surface area contributed by atoms with Crippen LogP contribution in [0.5, 0.6) is 0 Å². The largest absolute Gasteiger partial charge is 0.329 e. The third-order valence-electron chi connectivity index (χ3n) is 3.94. The van der Waals surface area contributed by atoms with Crippen molar-refractivity contribution < 1.29 is 4.79 Å². The van der Waals surface area contributed by atoms with Gasteiger partial charge in [0.2, 0.25) is 0 Å². The van der Waals surface area contributed by atoms with E-state index in [1.54, 1.807) is 15.2 Å². The summed E-state index contributed by atoms with van der Waals surface area (Å²) in [5.74, 6) is 0. The third-order valence-corrected chi connectivity index (χ3v) is 3.94. The van der Waals surface area contributed by atoms with E-state index in [9.17, 15) is 9.59 Å². The summed E-state index contributed by atoms with van der Waals surface area (Å²) in [6.45, 7) is 5.08. The number of carbonyl (C=O) groups is 1. The van der Waals surface area contributed by atoms with Gasteiger partial charge in [-0.15, -0.1) is 0 Å². The Bertz CT molecular complexity index is 925. The third kappa shape index (κ3) is 2.90. The first-order valence-corrected chi connectivity index (χ1v) is 8.00. The number of hydrogen-bond donors (Lipinski definition) is 2. The predicted octanol–water partition coefficient (Wildman–Crippen LogP) is 3.49. The number of aryl methyl sites for hydroxylation is 2. The van der Waals surface area contributed by atoms with Crippen molar-refractivity contribution in [2.75, 3.05) is 10.6 Å². The molecule has 0 bridgehead atoms. The molecule has 1 heterocycles. The Hall–Kier alpha value is -3.02. The van der Waals surface area contributed by atoms with Crippen molar-refractivity contribution in [1.29, 1.82) is 0 Å². The van der Waals surface area contributed by atoms with Gasteiger partial charge in [-0.3, -0.25) is 9.13 Å². The number of para-hydroxylation sites is 1. The molecule has 6 heteroatoms. The van der Waals surface area contributed by atoms with E-state index in [1.807, 2.05) is 56.3 Å². The van der Waals surface area contributed by atoms with Crippen molar-refractivity contribution in [1.82, 2.24) is 9.13 Å². The topological polar surface area (TPSA) is 68.1 Å². The molecule has 0 unspecified atom stereocenters. The zero-order chi connectivity index (χ0) is 17.1. The van der Waals surface area contributed by atoms with E-state index in [4.69, 9.17) is 0 Å². The van der Waals surface area contributed by atoms with Crippen molar-refractivity contribution in [3.8, 4) is 0 Å². The van der Waals surface area contributed by atoms with Crippen molar-refractivity contribution in [3.63, 3.8) is 0 Å². The molecule has 3 aromatic rings. The average molecular weight is 324 g/mol. The highest BCUT2D eigenvalue weighted by Gasteiger charge is 2.12. The minimum absolute atomic E-state index is 0.0270. The molecule has 124 valence electrons. The first-order chi connectivity index (χ1) is 11.6. The molecule has 0 aliphatic heterocycles. The summed E-state index contributed by atoms with van der Waals surface area (Å²) >= 11 is 0. The summed E-state index contributed by atoms with van der Waals surface area (Å²) in [6.07, 6.45) is 0. The van der Waals surface area contributed by atoms with E-state index in [-0.39, 0.29) is 11.7 Å². The monoisotopic (exact) mass is 324 g/mol. The molecule has 0 aliphatic carbocycles. The Kier molecular flexibility index (Phi) is 4.37. The SMILES string of the molecule is CCn1c(=O)n(CC)c2cc(NC(=O)Nc3ccccc3)ccc21. The number of anilines is 2. The lowest BCUT2D eigenvalue weighted by Gasteiger charge is -2.08. The Morgan fingerprint density at radius 3 is 2.17 bits per heavy atom. The summed E-state index contributed by atoms with van der Waals surface area (Å²) in [6, 6.07) is 14.4. The maximum Gasteiger partial charge on any atom is 0.329 e. The van der Waals surface area contributed by atoms with Crippen molar-refractivity contribution in [3.05, 3.63) is 59.0 Å². The van der Waals surface area contributed by atoms with Crippen LogP contribution < -0.4 is 16.3 Å². The van der Waals surface area contributed by atoms with Gasteiger partial charge in [0.15, 0.2) is 0 Å². The zero-order valence-corrected chi connectivity index (χ0v) is 13.7. The number of aromatic nitrogens is 2. The fourth-order valence-corrected chi connectivity index (χ4v) is 2.82. The Balaban J connectivity index is 1.88. The molecule has 3 rings (SSSR count). The smallest absolute Gasteiger partial charge is 0.308 e. The van der Waals surface area contributed by atoms with Gasteiger partial charge in [0.1, 0.15) is 0 Å². The van der Waals surface area contributed by atoms with Crippen LogP contribution in [0.2, 0.25) is 0 Å². The number of hydrogen-bond acceptors (Lipinski definition) is 2. The van der Waals surface area contributed by atoms with Crippen LogP contribution in [-0.4, -0.2) is 15.2 Å². The summed E-state index contributed by atoms with van der Waals surface area (Å²) in [5.41, 5.74) is 3.03. The summed E-state index contributed by atoms with van der Waals surface area (Å²) in [5, 5.41) is 5.58. The lowest BCUT2D eigenvalue weighted by Crippen LogP contribution is -2.23. The van der Waals surface area contributed by atoms with Gasteiger partial charge < -0.3 is 10.6 Å². The molecule has 0 saturated carbocycles. The molecular formula is C18H20N4O2. The van der Waals surface area contributed by atoms with Crippen LogP contribution in [0.25, 0.3) is 11.0 Å². The number of imidazole rings is 1. The minimum atomic E-state index is -0.319. The molecule has 0 atom stereocenters. The molecule has 0 aliphatic rings. The van der Waals surface area contributed by atoms with Gasteiger partial charge in [-0.05, 0) is 44.2 Å². The maximum atomic E-state index is 12.4. The molecule has 0 spiro atoms. The molecule has 6 nitrogen and oxygen atoms in total. The zero-order valence-electron chi connectivity index (χ0n) is 13.7. The summed E-state index contributed by atoms with van der Waals surface area (Å²) in [7, 11) is 0. The van der Waals surface area contributed by atoms with Gasteiger partial charge in [-0.1, -0.05) is 18.2 Å². The second-order valence-corrected chi connectivity index (χ2v) is 5.42. The molecule has 0 radical (unpaired) electrons. The first kappa shape index (κ1) is 15.9. The molecule has 2 N–H and O–H groups in total. The van der Waals surface area contributed by atoms with Crippen LogP contribution in [0.4, 0.5) is 16.2 Å². The van der Waals surface area contributed by atoms with Crippen molar-refractivity contribution >= 4 is 28.4 Å². The van der Waals surface area contributed by atoms with Crippen LogP contribution in [0.15, 0.2) is 53.3 Å². The van der Waals surface area contributed by atoms with E-state index in [0.717, 1.165) is 16.7 Å². The van der Waals surface area contributed by atoms with E-state index in [1.165, 1.54) is 0 Å². The summed E-state index contributed by atoms with van der Waals surface area (Å²) < 4.78 is 3.44. The number of rotatable bonds is 4. The van der Waals surface area contributed by atoms with Crippen LogP contribution in [0, 0.1) is 0 Å². The van der Waals surface area contributed by atoms with Gasteiger partial charge in [-0.2, -0.15) is 0 Å². The standard InChI is InChI=1S/C18H20N4O2/c1-3-21-15-11-10-14(12-16(15)22(4-2)18(21)24)20-17(23)19-13-8-6-5-7-9-13/h5-12H,3-4H2,1-2H3,(H2,19,20,23). The second kappa shape index (κ2) is 6.62. The van der Waals surface area contributed by atoms with E-state index in [2.05, 4.69) is 10.6 Å². The van der Waals surface area contributed by atoms with E-state index >= 15 is 0 Å². The number of urea groups is 1. The van der Waals surface area contributed by atoms with Crippen LogP contribution in [0.1, 0.15) is 13.8 Å².